The SMILES string of the molecule is Cc1nn(Cc2c(Cl)cccc2Cl)c2cc(CCC(=O)[O-])ccc12.[K+]. The van der Waals surface area contributed by atoms with Gasteiger partial charge in [-0.1, -0.05) is 41.4 Å². The molecule has 25 heavy (non-hydrogen) atoms. The summed E-state index contributed by atoms with van der Waals surface area (Å²) < 4.78 is 1.85. The van der Waals surface area contributed by atoms with E-state index in [9.17, 15) is 9.90 Å². The van der Waals surface area contributed by atoms with Gasteiger partial charge in [0.1, 0.15) is 0 Å². The number of carboxylic acids is 1. The number of carbonyl (C=O) groups excluding carboxylic acids is 1. The van der Waals surface area contributed by atoms with Gasteiger partial charge < -0.3 is 9.90 Å². The second-order valence-corrected chi connectivity index (χ2v) is 6.48. The fourth-order valence-electron chi connectivity index (χ4n) is 2.74. The molecule has 0 aliphatic rings. The summed E-state index contributed by atoms with van der Waals surface area (Å²) in [6.45, 7) is 2.39. The van der Waals surface area contributed by atoms with Crippen molar-refractivity contribution >= 4 is 40.1 Å². The number of hydrogen-bond acceptors (Lipinski definition) is 3. The van der Waals surface area contributed by atoms with Crippen LogP contribution in [0, 0.1) is 6.92 Å². The van der Waals surface area contributed by atoms with Crippen molar-refractivity contribution in [1.29, 1.82) is 0 Å². The minimum atomic E-state index is -1.05. The zero-order valence-corrected chi connectivity index (χ0v) is 18.7. The molecule has 0 atom stereocenters. The second kappa shape index (κ2) is 9.00. The molecule has 0 aliphatic carbocycles. The molecule has 0 N–H and O–H groups in total. The molecule has 0 saturated carbocycles. The summed E-state index contributed by atoms with van der Waals surface area (Å²) in [6.07, 6.45) is 0.421. The summed E-state index contributed by atoms with van der Waals surface area (Å²) in [5, 5.41) is 17.5. The van der Waals surface area contributed by atoms with Crippen LogP contribution in [0.5, 0.6) is 0 Å². The van der Waals surface area contributed by atoms with Crippen LogP contribution in [0.25, 0.3) is 10.9 Å². The maximum atomic E-state index is 10.7. The summed E-state index contributed by atoms with van der Waals surface area (Å²) in [7, 11) is 0. The van der Waals surface area contributed by atoms with E-state index in [1.165, 1.54) is 0 Å². The predicted octanol–water partition coefficient (Wildman–Crippen LogP) is 0.386. The van der Waals surface area contributed by atoms with Gasteiger partial charge in [0.15, 0.2) is 0 Å². The van der Waals surface area contributed by atoms with E-state index in [1.807, 2.05) is 29.8 Å². The van der Waals surface area contributed by atoms with Crippen molar-refractivity contribution in [1.82, 2.24) is 9.78 Å². The third-order valence-corrected chi connectivity index (χ3v) is 4.70. The van der Waals surface area contributed by atoms with Gasteiger partial charge in [0.05, 0.1) is 17.8 Å². The number of carbonyl (C=O) groups is 1. The van der Waals surface area contributed by atoms with Crippen molar-refractivity contribution in [2.75, 3.05) is 0 Å². The Morgan fingerprint density at radius 2 is 1.88 bits per heavy atom. The van der Waals surface area contributed by atoms with Gasteiger partial charge >= 0.3 is 51.4 Å². The smallest absolute Gasteiger partial charge is 0.550 e. The van der Waals surface area contributed by atoms with E-state index in [2.05, 4.69) is 5.10 Å². The number of benzene rings is 2. The van der Waals surface area contributed by atoms with Crippen LogP contribution in [-0.2, 0) is 17.8 Å². The van der Waals surface area contributed by atoms with Crippen LogP contribution in [0.3, 0.4) is 0 Å². The number of carboxylic acid groups (broad SMARTS) is 1. The van der Waals surface area contributed by atoms with Gasteiger partial charge in [0.25, 0.3) is 0 Å². The average molecular weight is 401 g/mol. The van der Waals surface area contributed by atoms with Crippen LogP contribution < -0.4 is 56.5 Å². The summed E-state index contributed by atoms with van der Waals surface area (Å²) in [6, 6.07) is 11.3. The maximum absolute atomic E-state index is 10.7. The molecule has 3 aromatic rings. The average Bonchev–Trinajstić information content (AvgIpc) is 2.85. The second-order valence-electron chi connectivity index (χ2n) is 5.67. The molecule has 0 unspecified atom stereocenters. The van der Waals surface area contributed by atoms with E-state index in [4.69, 9.17) is 23.2 Å². The van der Waals surface area contributed by atoms with Crippen molar-refractivity contribution in [3.05, 3.63) is 63.3 Å². The molecule has 0 spiro atoms. The molecule has 0 fully saturated rings. The molecule has 4 nitrogen and oxygen atoms in total. The number of rotatable bonds is 5. The zero-order chi connectivity index (χ0) is 17.3. The summed E-state index contributed by atoms with van der Waals surface area (Å²) in [5.74, 6) is -1.05. The van der Waals surface area contributed by atoms with Crippen molar-refractivity contribution in [3.63, 3.8) is 0 Å². The Morgan fingerprint density at radius 1 is 1.20 bits per heavy atom. The van der Waals surface area contributed by atoms with Gasteiger partial charge in [-0.15, -0.1) is 0 Å². The third-order valence-electron chi connectivity index (χ3n) is 3.99. The Hall–Kier alpha value is -0.404. The van der Waals surface area contributed by atoms with E-state index in [0.29, 0.717) is 23.0 Å². The molecule has 0 saturated heterocycles. The minimum Gasteiger partial charge on any atom is -0.550 e. The van der Waals surface area contributed by atoms with E-state index < -0.39 is 5.97 Å². The van der Waals surface area contributed by atoms with Crippen LogP contribution in [0.15, 0.2) is 36.4 Å². The third kappa shape index (κ3) is 4.86. The number of halogens is 2. The normalized spacial score (nSPS) is 10.7. The standard InChI is InChI=1S/C18H16Cl2N2O2.K/c1-11-13-7-5-12(6-8-18(23)24)9-17(13)22(21-11)10-14-15(19)3-2-4-16(14)20;/h2-5,7,9H,6,8,10H2,1H3,(H,23,24);/q;+1/p-1. The topological polar surface area (TPSA) is 58.0 Å². The van der Waals surface area contributed by atoms with Crippen molar-refractivity contribution in [3.8, 4) is 0 Å². The van der Waals surface area contributed by atoms with Gasteiger partial charge in [-0.3, -0.25) is 4.68 Å². The Kier molecular flexibility index (Phi) is 7.52. The molecule has 1 aromatic heterocycles. The monoisotopic (exact) mass is 400 g/mol. The molecule has 0 bridgehead atoms. The molecule has 0 aliphatic heterocycles. The molecular formula is C18H15Cl2KN2O2. The first-order valence-corrected chi connectivity index (χ1v) is 8.30. The van der Waals surface area contributed by atoms with Gasteiger partial charge in [-0.2, -0.15) is 5.10 Å². The molecule has 3 rings (SSSR count). The molecule has 0 amide bonds. The Morgan fingerprint density at radius 3 is 2.52 bits per heavy atom. The first-order chi connectivity index (χ1) is 11.5. The summed E-state index contributed by atoms with van der Waals surface area (Å²) in [4.78, 5) is 10.7. The quantitative estimate of drug-likeness (QED) is 0.582. The van der Waals surface area contributed by atoms with Crippen molar-refractivity contribution in [2.45, 2.75) is 26.3 Å². The predicted molar refractivity (Wildman–Crippen MR) is 93.4 cm³/mol. The zero-order valence-electron chi connectivity index (χ0n) is 14.1. The molecule has 0 radical (unpaired) electrons. The number of nitrogens with zero attached hydrogens (tertiary/aromatic N) is 2. The van der Waals surface area contributed by atoms with E-state index in [1.54, 1.807) is 18.2 Å². The van der Waals surface area contributed by atoms with Crippen LogP contribution in [0.4, 0.5) is 0 Å². The van der Waals surface area contributed by atoms with Gasteiger partial charge in [-0.05, 0) is 43.5 Å². The number of fused-ring (bicyclic) bond motifs is 1. The van der Waals surface area contributed by atoms with E-state index in [-0.39, 0.29) is 57.8 Å². The van der Waals surface area contributed by atoms with Gasteiger partial charge in [0, 0.05) is 27.0 Å². The van der Waals surface area contributed by atoms with Crippen LogP contribution >= 0.6 is 23.2 Å². The van der Waals surface area contributed by atoms with Crippen molar-refractivity contribution < 1.29 is 61.3 Å². The maximum Gasteiger partial charge on any atom is 1.00 e. The molecule has 7 heteroatoms. The number of hydrogen-bond donors (Lipinski definition) is 0. The van der Waals surface area contributed by atoms with Gasteiger partial charge in [0.2, 0.25) is 0 Å². The van der Waals surface area contributed by atoms with Crippen LogP contribution in [0.1, 0.15) is 23.2 Å². The summed E-state index contributed by atoms with van der Waals surface area (Å²) >= 11 is 12.5. The molecule has 1 heterocycles. The Labute approximate surface area is 198 Å². The fourth-order valence-corrected chi connectivity index (χ4v) is 3.26. The number of aryl methyl sites for hydroxylation is 2. The Bertz CT molecular complexity index is 905. The number of aromatic nitrogens is 2. The minimum absolute atomic E-state index is 0. The largest absolute Gasteiger partial charge is 1.00 e. The van der Waals surface area contributed by atoms with E-state index >= 15 is 0 Å². The molecule has 2 aromatic carbocycles. The first kappa shape index (κ1) is 20.9. The van der Waals surface area contributed by atoms with Crippen LogP contribution in [0.2, 0.25) is 10.0 Å². The Balaban J connectivity index is 0.00000225. The van der Waals surface area contributed by atoms with Gasteiger partial charge in [-0.25, -0.2) is 0 Å². The van der Waals surface area contributed by atoms with Crippen LogP contribution in [-0.4, -0.2) is 15.7 Å². The molecular weight excluding hydrogens is 386 g/mol. The number of aliphatic carboxylic acids is 1. The summed E-state index contributed by atoms with van der Waals surface area (Å²) in [5.41, 5.74) is 3.57. The van der Waals surface area contributed by atoms with E-state index in [0.717, 1.165) is 27.7 Å². The molecule has 124 valence electrons. The fraction of sp³-hybridized carbons (Fsp3) is 0.222. The van der Waals surface area contributed by atoms with Crippen molar-refractivity contribution in [2.24, 2.45) is 0 Å². The first-order valence-electron chi connectivity index (χ1n) is 7.54.